The molecule has 1 aromatic heterocycles. The van der Waals surface area contributed by atoms with Crippen molar-refractivity contribution in [2.75, 3.05) is 0 Å². The minimum absolute atomic E-state index is 0.137. The fraction of sp³-hybridized carbons (Fsp3) is 0.200. The van der Waals surface area contributed by atoms with E-state index in [1.54, 1.807) is 19.2 Å². The van der Waals surface area contributed by atoms with Crippen LogP contribution in [0.5, 0.6) is 0 Å². The zero-order chi connectivity index (χ0) is 11.7. The third kappa shape index (κ3) is 2.20. The van der Waals surface area contributed by atoms with E-state index < -0.39 is 0 Å². The van der Waals surface area contributed by atoms with Gasteiger partial charge < -0.3 is 0 Å². The van der Waals surface area contributed by atoms with Crippen LogP contribution < -0.4 is 5.69 Å². The highest BCUT2D eigenvalue weighted by Gasteiger charge is 2.05. The van der Waals surface area contributed by atoms with E-state index in [1.807, 2.05) is 6.07 Å². The maximum atomic E-state index is 11.6. The molecule has 0 unspecified atom stereocenters. The van der Waals surface area contributed by atoms with Gasteiger partial charge in [-0.3, -0.25) is 4.57 Å². The first kappa shape index (κ1) is 11.4. The summed E-state index contributed by atoms with van der Waals surface area (Å²) in [6.45, 7) is 0.428. The number of nitrogens with zero attached hydrogens (tertiary/aromatic N) is 3. The number of benzene rings is 1. The zero-order valence-electron chi connectivity index (χ0n) is 8.52. The Labute approximate surface area is 106 Å². The zero-order valence-corrected chi connectivity index (χ0v) is 10.9. The van der Waals surface area contributed by atoms with Crippen molar-refractivity contribution >= 4 is 27.5 Å². The summed E-state index contributed by atoms with van der Waals surface area (Å²) in [7, 11) is 1.67. The summed E-state index contributed by atoms with van der Waals surface area (Å²) in [4.78, 5) is 11.6. The Hall–Kier alpha value is -1.07. The SMILES string of the molecule is Cn1cnn(Cc2ccc(Cl)cc2Br)c1=O. The van der Waals surface area contributed by atoms with Crippen LogP contribution in [0.3, 0.4) is 0 Å². The van der Waals surface area contributed by atoms with Crippen LogP contribution in [0.4, 0.5) is 0 Å². The summed E-state index contributed by atoms with van der Waals surface area (Å²) in [5.74, 6) is 0. The van der Waals surface area contributed by atoms with E-state index in [4.69, 9.17) is 11.6 Å². The molecule has 0 radical (unpaired) electrons. The van der Waals surface area contributed by atoms with Crippen LogP contribution in [0.1, 0.15) is 5.56 Å². The molecule has 0 atom stereocenters. The summed E-state index contributed by atoms with van der Waals surface area (Å²) >= 11 is 9.24. The van der Waals surface area contributed by atoms with Crippen LogP contribution in [0.25, 0.3) is 0 Å². The first-order chi connectivity index (χ1) is 7.58. The molecule has 0 saturated heterocycles. The summed E-state index contributed by atoms with van der Waals surface area (Å²) < 4.78 is 3.70. The Bertz CT molecular complexity index is 576. The fourth-order valence-corrected chi connectivity index (χ4v) is 2.15. The van der Waals surface area contributed by atoms with Gasteiger partial charge in [0.1, 0.15) is 6.33 Å². The average molecular weight is 303 g/mol. The molecule has 0 aliphatic rings. The molecule has 0 aliphatic heterocycles. The van der Waals surface area contributed by atoms with E-state index >= 15 is 0 Å². The van der Waals surface area contributed by atoms with Crippen molar-refractivity contribution in [2.24, 2.45) is 7.05 Å². The monoisotopic (exact) mass is 301 g/mol. The Morgan fingerprint density at radius 1 is 1.50 bits per heavy atom. The van der Waals surface area contributed by atoms with E-state index in [9.17, 15) is 4.79 Å². The van der Waals surface area contributed by atoms with Crippen LogP contribution in [0, 0.1) is 0 Å². The lowest BCUT2D eigenvalue weighted by Gasteiger charge is -2.03. The van der Waals surface area contributed by atoms with Crippen molar-refractivity contribution in [1.82, 2.24) is 14.3 Å². The summed E-state index contributed by atoms with van der Waals surface area (Å²) in [5.41, 5.74) is 0.826. The first-order valence-electron chi connectivity index (χ1n) is 4.60. The third-order valence-electron chi connectivity index (χ3n) is 2.22. The molecule has 0 amide bonds. The second-order valence-corrected chi connectivity index (χ2v) is 4.71. The van der Waals surface area contributed by atoms with Crippen molar-refractivity contribution in [2.45, 2.75) is 6.54 Å². The molecule has 0 fully saturated rings. The Morgan fingerprint density at radius 3 is 2.81 bits per heavy atom. The molecular weight excluding hydrogens is 293 g/mol. The molecule has 1 aromatic carbocycles. The highest BCUT2D eigenvalue weighted by Crippen LogP contribution is 2.21. The van der Waals surface area contributed by atoms with Crippen molar-refractivity contribution in [3.05, 3.63) is 50.1 Å². The van der Waals surface area contributed by atoms with Gasteiger partial charge in [0, 0.05) is 16.5 Å². The van der Waals surface area contributed by atoms with Crippen molar-refractivity contribution in [1.29, 1.82) is 0 Å². The Morgan fingerprint density at radius 2 is 2.25 bits per heavy atom. The average Bonchev–Trinajstić information content (AvgIpc) is 2.54. The minimum atomic E-state index is -0.137. The molecule has 6 heteroatoms. The van der Waals surface area contributed by atoms with Gasteiger partial charge in [-0.15, -0.1) is 0 Å². The molecule has 0 bridgehead atoms. The molecule has 4 nitrogen and oxygen atoms in total. The van der Waals surface area contributed by atoms with E-state index in [1.165, 1.54) is 15.6 Å². The van der Waals surface area contributed by atoms with Gasteiger partial charge in [-0.05, 0) is 17.7 Å². The van der Waals surface area contributed by atoms with E-state index in [0.717, 1.165) is 10.0 Å². The molecule has 0 saturated carbocycles. The maximum absolute atomic E-state index is 11.6. The van der Waals surface area contributed by atoms with Gasteiger partial charge in [0.2, 0.25) is 0 Å². The summed E-state index contributed by atoms with van der Waals surface area (Å²) in [6, 6.07) is 5.45. The number of aromatic nitrogens is 3. The summed E-state index contributed by atoms with van der Waals surface area (Å²) in [5, 5.41) is 4.64. The van der Waals surface area contributed by atoms with Crippen molar-refractivity contribution in [3.63, 3.8) is 0 Å². The Kier molecular flexibility index (Phi) is 3.16. The predicted molar refractivity (Wildman–Crippen MR) is 65.7 cm³/mol. The van der Waals surface area contributed by atoms with Gasteiger partial charge >= 0.3 is 5.69 Å². The number of aryl methyl sites for hydroxylation is 1. The van der Waals surface area contributed by atoms with E-state index in [0.29, 0.717) is 11.6 Å². The Balaban J connectivity index is 2.34. The van der Waals surface area contributed by atoms with Gasteiger partial charge in [0.15, 0.2) is 0 Å². The molecular formula is C10H9BrClN3O. The van der Waals surface area contributed by atoms with E-state index in [2.05, 4.69) is 21.0 Å². The molecule has 2 aromatic rings. The fourth-order valence-electron chi connectivity index (χ4n) is 1.34. The smallest absolute Gasteiger partial charge is 0.285 e. The lowest BCUT2D eigenvalue weighted by Crippen LogP contribution is -2.23. The van der Waals surface area contributed by atoms with Gasteiger partial charge in [-0.2, -0.15) is 5.10 Å². The lowest BCUT2D eigenvalue weighted by atomic mass is 10.2. The van der Waals surface area contributed by atoms with Gasteiger partial charge in [0.25, 0.3) is 0 Å². The van der Waals surface area contributed by atoms with Crippen LogP contribution in [-0.4, -0.2) is 14.3 Å². The maximum Gasteiger partial charge on any atom is 0.345 e. The molecule has 2 rings (SSSR count). The lowest BCUT2D eigenvalue weighted by molar-refractivity contribution is 0.645. The van der Waals surface area contributed by atoms with Crippen LogP contribution >= 0.6 is 27.5 Å². The van der Waals surface area contributed by atoms with Crippen molar-refractivity contribution < 1.29 is 0 Å². The summed E-state index contributed by atoms with van der Waals surface area (Å²) in [6.07, 6.45) is 1.49. The molecule has 84 valence electrons. The molecule has 1 heterocycles. The minimum Gasteiger partial charge on any atom is -0.285 e. The molecule has 0 spiro atoms. The van der Waals surface area contributed by atoms with Gasteiger partial charge in [-0.1, -0.05) is 33.6 Å². The number of hydrogen-bond acceptors (Lipinski definition) is 2. The number of halogens is 2. The highest BCUT2D eigenvalue weighted by molar-refractivity contribution is 9.10. The molecule has 0 N–H and O–H groups in total. The normalized spacial score (nSPS) is 10.7. The third-order valence-corrected chi connectivity index (χ3v) is 3.20. The molecule has 0 aliphatic carbocycles. The van der Waals surface area contributed by atoms with Crippen LogP contribution in [0.2, 0.25) is 5.02 Å². The highest BCUT2D eigenvalue weighted by atomic mass is 79.9. The topological polar surface area (TPSA) is 39.8 Å². The first-order valence-corrected chi connectivity index (χ1v) is 5.77. The largest absolute Gasteiger partial charge is 0.345 e. The van der Waals surface area contributed by atoms with Crippen LogP contribution in [-0.2, 0) is 13.6 Å². The molecule has 16 heavy (non-hydrogen) atoms. The van der Waals surface area contributed by atoms with E-state index in [-0.39, 0.29) is 5.69 Å². The van der Waals surface area contributed by atoms with Gasteiger partial charge in [0.05, 0.1) is 6.54 Å². The second-order valence-electron chi connectivity index (χ2n) is 3.42. The van der Waals surface area contributed by atoms with Gasteiger partial charge in [-0.25, -0.2) is 9.48 Å². The predicted octanol–water partition coefficient (Wildman–Crippen LogP) is 2.05. The number of rotatable bonds is 2. The quantitative estimate of drug-likeness (QED) is 0.852. The van der Waals surface area contributed by atoms with Crippen molar-refractivity contribution in [3.8, 4) is 0 Å². The number of hydrogen-bond donors (Lipinski definition) is 0. The standard InChI is InChI=1S/C10H9BrClN3O/c1-14-6-13-15(10(14)16)5-7-2-3-8(12)4-9(7)11/h2-4,6H,5H2,1H3. The second kappa shape index (κ2) is 4.43. The van der Waals surface area contributed by atoms with Crippen LogP contribution in [0.15, 0.2) is 33.8 Å².